The number of hydrogen-bond donors (Lipinski definition) is 2. The molecule has 10 heteroatoms. The number of amides is 1. The molecule has 0 atom stereocenters. The number of nitrogens with one attached hydrogen (secondary N) is 2. The van der Waals surface area contributed by atoms with Crippen LogP contribution in [0.2, 0.25) is 0 Å². The summed E-state index contributed by atoms with van der Waals surface area (Å²) in [6, 6.07) is 11.1. The van der Waals surface area contributed by atoms with Crippen molar-refractivity contribution in [2.24, 2.45) is 0 Å². The number of ether oxygens (including phenoxy) is 3. The van der Waals surface area contributed by atoms with Gasteiger partial charge in [0.25, 0.3) is 5.91 Å². The van der Waals surface area contributed by atoms with Crippen molar-refractivity contribution in [2.45, 2.75) is 6.92 Å². The fourth-order valence-electron chi connectivity index (χ4n) is 2.83. The highest BCUT2D eigenvalue weighted by Crippen LogP contribution is 2.33. The van der Waals surface area contributed by atoms with Crippen molar-refractivity contribution in [3.8, 4) is 17.2 Å². The molecule has 0 spiro atoms. The maximum atomic E-state index is 12.6. The zero-order valence-electron chi connectivity index (χ0n) is 17.1. The van der Waals surface area contributed by atoms with Gasteiger partial charge in [0.2, 0.25) is 0 Å². The van der Waals surface area contributed by atoms with Gasteiger partial charge < -0.3 is 19.5 Å². The molecule has 0 radical (unpaired) electrons. The van der Waals surface area contributed by atoms with Crippen LogP contribution in [0.25, 0.3) is 10.2 Å². The molecule has 0 unspecified atom stereocenters. The smallest absolute Gasteiger partial charge is 0.276 e. The first-order valence-corrected chi connectivity index (χ1v) is 11.1. The lowest BCUT2D eigenvalue weighted by molar-refractivity contribution is 0.102. The van der Waals surface area contributed by atoms with Crippen LogP contribution in [-0.4, -0.2) is 36.7 Å². The highest BCUT2D eigenvalue weighted by molar-refractivity contribution is 7.22. The third-order valence-electron chi connectivity index (χ3n) is 4.28. The zero-order valence-corrected chi connectivity index (χ0v) is 18.7. The van der Waals surface area contributed by atoms with Crippen LogP contribution in [-0.2, 0) is 0 Å². The van der Waals surface area contributed by atoms with Gasteiger partial charge in [-0.2, -0.15) is 0 Å². The number of anilines is 3. The highest BCUT2D eigenvalue weighted by atomic mass is 32.1. The molecule has 160 valence electrons. The summed E-state index contributed by atoms with van der Waals surface area (Å²) in [5.41, 5.74) is 1.83. The lowest BCUT2D eigenvalue weighted by Gasteiger charge is -2.10. The van der Waals surface area contributed by atoms with Crippen molar-refractivity contribution in [1.29, 1.82) is 0 Å². The Bertz CT molecular complexity index is 1220. The summed E-state index contributed by atoms with van der Waals surface area (Å²) >= 11 is 2.71. The Hall–Kier alpha value is -3.37. The SMILES string of the molecule is CCOc1ccc2nc(NC(=O)c3csc(Nc4ccc(OC)cc4OC)n3)sc2c1. The van der Waals surface area contributed by atoms with Crippen molar-refractivity contribution in [3.05, 3.63) is 47.5 Å². The second-order valence-corrected chi connectivity index (χ2v) is 8.15. The molecular formula is C21H20N4O4S2. The fourth-order valence-corrected chi connectivity index (χ4v) is 4.42. The van der Waals surface area contributed by atoms with E-state index < -0.39 is 0 Å². The predicted molar refractivity (Wildman–Crippen MR) is 124 cm³/mol. The number of carbonyl (C=O) groups excluding carboxylic acids is 1. The van der Waals surface area contributed by atoms with Gasteiger partial charge in [0.1, 0.15) is 22.9 Å². The summed E-state index contributed by atoms with van der Waals surface area (Å²) in [5.74, 6) is 1.75. The van der Waals surface area contributed by atoms with Crippen LogP contribution in [0.4, 0.5) is 16.0 Å². The number of thiazole rings is 2. The van der Waals surface area contributed by atoms with Crippen LogP contribution in [0.1, 0.15) is 17.4 Å². The molecule has 2 aromatic heterocycles. The van der Waals surface area contributed by atoms with Crippen LogP contribution < -0.4 is 24.8 Å². The summed E-state index contributed by atoms with van der Waals surface area (Å²) in [4.78, 5) is 21.5. The van der Waals surface area contributed by atoms with Crippen molar-refractivity contribution in [1.82, 2.24) is 9.97 Å². The molecule has 1 amide bonds. The number of carbonyl (C=O) groups is 1. The zero-order chi connectivity index (χ0) is 21.8. The molecule has 0 fully saturated rings. The van der Waals surface area contributed by atoms with E-state index in [1.165, 1.54) is 22.7 Å². The molecule has 4 aromatic rings. The van der Waals surface area contributed by atoms with Crippen LogP contribution >= 0.6 is 22.7 Å². The quantitative estimate of drug-likeness (QED) is 0.378. The number of methoxy groups -OCH3 is 2. The Kier molecular flexibility index (Phi) is 6.19. The molecule has 4 rings (SSSR count). The average molecular weight is 457 g/mol. The third-order valence-corrected chi connectivity index (χ3v) is 5.97. The van der Waals surface area contributed by atoms with Gasteiger partial charge in [0, 0.05) is 11.4 Å². The minimum Gasteiger partial charge on any atom is -0.497 e. The first kappa shape index (κ1) is 20.9. The third kappa shape index (κ3) is 4.70. The lowest BCUT2D eigenvalue weighted by atomic mass is 10.3. The van der Waals surface area contributed by atoms with E-state index in [0.29, 0.717) is 34.1 Å². The topological polar surface area (TPSA) is 94.6 Å². The maximum Gasteiger partial charge on any atom is 0.276 e. The van der Waals surface area contributed by atoms with E-state index >= 15 is 0 Å². The molecular weight excluding hydrogens is 436 g/mol. The second-order valence-electron chi connectivity index (χ2n) is 6.26. The fraction of sp³-hybridized carbons (Fsp3) is 0.190. The largest absolute Gasteiger partial charge is 0.497 e. The van der Waals surface area contributed by atoms with Gasteiger partial charge in [-0.25, -0.2) is 9.97 Å². The molecule has 2 aromatic carbocycles. The molecule has 0 aliphatic rings. The van der Waals surface area contributed by atoms with Gasteiger partial charge in [0.05, 0.1) is 36.7 Å². The molecule has 0 aliphatic heterocycles. The van der Waals surface area contributed by atoms with Crippen molar-refractivity contribution >= 4 is 54.7 Å². The number of rotatable bonds is 8. The summed E-state index contributed by atoms with van der Waals surface area (Å²) in [7, 11) is 3.17. The van der Waals surface area contributed by atoms with E-state index in [-0.39, 0.29) is 5.91 Å². The molecule has 0 saturated carbocycles. The van der Waals surface area contributed by atoms with E-state index in [1.54, 1.807) is 25.7 Å². The summed E-state index contributed by atoms with van der Waals surface area (Å²) < 4.78 is 17.0. The normalized spacial score (nSPS) is 10.7. The average Bonchev–Trinajstić information content (AvgIpc) is 3.40. The number of aromatic nitrogens is 2. The Morgan fingerprint density at radius 2 is 1.87 bits per heavy atom. The van der Waals surface area contributed by atoms with Crippen LogP contribution in [0.15, 0.2) is 41.8 Å². The van der Waals surface area contributed by atoms with Crippen molar-refractivity contribution in [3.63, 3.8) is 0 Å². The van der Waals surface area contributed by atoms with Crippen LogP contribution in [0, 0.1) is 0 Å². The predicted octanol–water partition coefficient (Wildman–Crippen LogP) is 5.16. The minimum atomic E-state index is -0.324. The number of fused-ring (bicyclic) bond motifs is 1. The standard InChI is InChI=1S/C21H20N4O4S2/c1-4-29-13-6-8-15-18(10-13)31-21(23-15)25-19(26)16-11-30-20(24-16)22-14-7-5-12(27-2)9-17(14)28-3/h5-11H,4H2,1-3H3,(H,22,24)(H,23,25,26). The highest BCUT2D eigenvalue weighted by Gasteiger charge is 2.15. The Labute approximate surface area is 186 Å². The van der Waals surface area contributed by atoms with E-state index in [4.69, 9.17) is 14.2 Å². The molecule has 0 bridgehead atoms. The van der Waals surface area contributed by atoms with Gasteiger partial charge in [-0.3, -0.25) is 10.1 Å². The maximum absolute atomic E-state index is 12.6. The molecule has 2 N–H and O–H groups in total. The van der Waals surface area contributed by atoms with Gasteiger partial charge in [-0.15, -0.1) is 11.3 Å². The van der Waals surface area contributed by atoms with E-state index in [0.717, 1.165) is 21.7 Å². The summed E-state index contributed by atoms with van der Waals surface area (Å²) in [6.45, 7) is 2.53. The van der Waals surface area contributed by atoms with Gasteiger partial charge in [-0.05, 0) is 37.3 Å². The van der Waals surface area contributed by atoms with E-state index in [2.05, 4.69) is 20.6 Å². The number of hydrogen-bond acceptors (Lipinski definition) is 9. The van der Waals surface area contributed by atoms with E-state index in [1.807, 2.05) is 37.3 Å². The molecule has 2 heterocycles. The lowest BCUT2D eigenvalue weighted by Crippen LogP contribution is -2.12. The first-order chi connectivity index (χ1) is 15.1. The second kappa shape index (κ2) is 9.19. The van der Waals surface area contributed by atoms with Gasteiger partial charge >= 0.3 is 0 Å². The molecule has 31 heavy (non-hydrogen) atoms. The minimum absolute atomic E-state index is 0.300. The molecule has 8 nitrogen and oxygen atoms in total. The first-order valence-electron chi connectivity index (χ1n) is 9.39. The monoisotopic (exact) mass is 456 g/mol. The van der Waals surface area contributed by atoms with Crippen molar-refractivity contribution < 1.29 is 19.0 Å². The van der Waals surface area contributed by atoms with Gasteiger partial charge in [-0.1, -0.05) is 11.3 Å². The summed E-state index contributed by atoms with van der Waals surface area (Å²) in [5, 5.41) is 8.76. The van der Waals surface area contributed by atoms with E-state index in [9.17, 15) is 4.79 Å². The number of nitrogens with zero attached hydrogens (tertiary/aromatic N) is 2. The van der Waals surface area contributed by atoms with Crippen LogP contribution in [0.5, 0.6) is 17.2 Å². The van der Waals surface area contributed by atoms with Crippen molar-refractivity contribution in [2.75, 3.05) is 31.5 Å². The Morgan fingerprint density at radius 1 is 1.03 bits per heavy atom. The van der Waals surface area contributed by atoms with Gasteiger partial charge in [0.15, 0.2) is 10.3 Å². The molecule has 0 saturated heterocycles. The Balaban J connectivity index is 1.46. The molecule has 0 aliphatic carbocycles. The summed E-state index contributed by atoms with van der Waals surface area (Å²) in [6.07, 6.45) is 0. The Morgan fingerprint density at radius 3 is 2.65 bits per heavy atom. The number of benzene rings is 2. The van der Waals surface area contributed by atoms with Crippen LogP contribution in [0.3, 0.4) is 0 Å².